The molecule has 0 fully saturated rings. The maximum Gasteiger partial charge on any atom is 0.319 e. The van der Waals surface area contributed by atoms with Crippen molar-refractivity contribution in [3.63, 3.8) is 0 Å². The summed E-state index contributed by atoms with van der Waals surface area (Å²) in [5.74, 6) is 1.46. The van der Waals surface area contributed by atoms with E-state index in [1.807, 2.05) is 32.0 Å². The molecule has 2 amide bonds. The van der Waals surface area contributed by atoms with Gasteiger partial charge < -0.3 is 10.6 Å². The Bertz CT molecular complexity index is 861. The molecule has 3 N–H and O–H groups in total. The van der Waals surface area contributed by atoms with E-state index >= 15 is 0 Å². The lowest BCUT2D eigenvalue weighted by Gasteiger charge is -2.13. The number of rotatable bonds is 7. The van der Waals surface area contributed by atoms with Gasteiger partial charge in [-0.25, -0.2) is 9.78 Å². The topological polar surface area (TPSA) is 113 Å². The summed E-state index contributed by atoms with van der Waals surface area (Å²) in [6.45, 7) is 4.41. The number of aryl methyl sites for hydroxylation is 2. The Balaban J connectivity index is 1.55. The highest BCUT2D eigenvalue weighted by atomic mass is 32.2. The number of H-pyrrole nitrogens is 1. The summed E-state index contributed by atoms with van der Waals surface area (Å²) in [4.78, 5) is 16.4. The van der Waals surface area contributed by atoms with Crippen molar-refractivity contribution in [3.05, 3.63) is 42.2 Å². The molecule has 10 heteroatoms. The number of benzene rings is 1. The zero-order valence-corrected chi connectivity index (χ0v) is 15.4. The molecule has 2 aromatic heterocycles. The van der Waals surface area contributed by atoms with Gasteiger partial charge in [-0.3, -0.25) is 9.67 Å². The minimum atomic E-state index is -0.243. The molecular weight excluding hydrogens is 352 g/mol. The van der Waals surface area contributed by atoms with E-state index in [4.69, 9.17) is 0 Å². The van der Waals surface area contributed by atoms with Crippen molar-refractivity contribution in [1.29, 1.82) is 0 Å². The molecule has 0 atom stereocenters. The Labute approximate surface area is 155 Å². The van der Waals surface area contributed by atoms with Gasteiger partial charge in [-0.15, -0.1) is 15.3 Å². The molecule has 0 aliphatic heterocycles. The molecule has 0 aliphatic rings. The minimum Gasteiger partial charge on any atom is -0.337 e. The van der Waals surface area contributed by atoms with Crippen LogP contribution in [0.4, 0.5) is 10.5 Å². The molecule has 0 saturated heterocycles. The average Bonchev–Trinajstić information content (AvgIpc) is 3.30. The molecule has 0 aliphatic carbocycles. The molecule has 3 rings (SSSR count). The summed E-state index contributed by atoms with van der Waals surface area (Å²) in [7, 11) is 0. The number of anilines is 1. The van der Waals surface area contributed by atoms with E-state index in [-0.39, 0.29) is 6.03 Å². The van der Waals surface area contributed by atoms with Gasteiger partial charge in [0.05, 0.1) is 5.69 Å². The lowest BCUT2D eigenvalue weighted by atomic mass is 10.1. The van der Waals surface area contributed by atoms with Gasteiger partial charge in [-0.2, -0.15) is 0 Å². The lowest BCUT2D eigenvalue weighted by molar-refractivity contribution is 0.252. The van der Waals surface area contributed by atoms with E-state index in [1.54, 1.807) is 17.2 Å². The molecule has 1 aromatic carbocycles. The quantitative estimate of drug-likeness (QED) is 0.433. The van der Waals surface area contributed by atoms with Gasteiger partial charge in [-0.1, -0.05) is 24.8 Å². The second-order valence-corrected chi connectivity index (χ2v) is 6.56. The van der Waals surface area contributed by atoms with E-state index in [0.717, 1.165) is 29.2 Å². The van der Waals surface area contributed by atoms with Crippen LogP contribution in [0.25, 0.3) is 5.69 Å². The zero-order chi connectivity index (χ0) is 18.4. The van der Waals surface area contributed by atoms with Crippen LogP contribution in [-0.4, -0.2) is 48.3 Å². The summed E-state index contributed by atoms with van der Waals surface area (Å²) in [6, 6.07) is 5.63. The van der Waals surface area contributed by atoms with Crippen LogP contribution in [0.2, 0.25) is 0 Å². The lowest BCUT2D eigenvalue weighted by Crippen LogP contribution is -2.31. The molecule has 0 saturated carbocycles. The van der Waals surface area contributed by atoms with Crippen LogP contribution in [0.3, 0.4) is 0 Å². The Morgan fingerprint density at radius 3 is 2.81 bits per heavy atom. The fourth-order valence-electron chi connectivity index (χ4n) is 2.34. The molecule has 9 nitrogen and oxygen atoms in total. The molecule has 2 heterocycles. The van der Waals surface area contributed by atoms with Crippen LogP contribution in [0.1, 0.15) is 18.3 Å². The van der Waals surface area contributed by atoms with Crippen molar-refractivity contribution in [2.45, 2.75) is 25.4 Å². The first kappa shape index (κ1) is 17.9. The molecule has 0 unspecified atom stereocenters. The van der Waals surface area contributed by atoms with Crippen LogP contribution in [0.5, 0.6) is 0 Å². The molecule has 136 valence electrons. The SMILES string of the molecule is CCc1ccc(-n2cnnc2)cc1NC(=O)NCCSc1n[nH]c(C)n1. The highest BCUT2D eigenvalue weighted by Crippen LogP contribution is 2.20. The summed E-state index contributed by atoms with van der Waals surface area (Å²) < 4.78 is 1.79. The van der Waals surface area contributed by atoms with Crippen LogP contribution in [0, 0.1) is 6.92 Å². The number of thioether (sulfide) groups is 1. The number of aromatic amines is 1. The number of carbonyl (C=O) groups excluding carboxylic acids is 1. The molecule has 0 bridgehead atoms. The normalized spacial score (nSPS) is 10.7. The predicted molar refractivity (Wildman–Crippen MR) is 99.6 cm³/mol. The maximum absolute atomic E-state index is 12.2. The van der Waals surface area contributed by atoms with Gasteiger partial charge in [0.2, 0.25) is 5.16 Å². The molecule has 0 radical (unpaired) electrons. The first-order valence-electron chi connectivity index (χ1n) is 8.20. The van der Waals surface area contributed by atoms with Gasteiger partial charge >= 0.3 is 6.03 Å². The monoisotopic (exact) mass is 372 g/mol. The summed E-state index contributed by atoms with van der Waals surface area (Å²) in [5.41, 5.74) is 2.72. The number of hydrogen-bond donors (Lipinski definition) is 3. The molecule has 3 aromatic rings. The average molecular weight is 372 g/mol. The van der Waals surface area contributed by atoms with Crippen molar-refractivity contribution in [2.24, 2.45) is 0 Å². The standard InChI is InChI=1S/C16H20N8OS/c1-3-12-4-5-13(24-9-18-19-10-24)8-14(12)21-15(25)17-6-7-26-16-20-11(2)22-23-16/h4-5,8-10H,3,6-7H2,1-2H3,(H2,17,21,25)(H,20,22,23). The van der Waals surface area contributed by atoms with Crippen molar-refractivity contribution < 1.29 is 4.79 Å². The number of urea groups is 1. The second kappa shape index (κ2) is 8.48. The number of carbonyl (C=O) groups is 1. The van der Waals surface area contributed by atoms with Crippen molar-refractivity contribution in [1.82, 2.24) is 35.3 Å². The first-order chi connectivity index (χ1) is 12.7. The third kappa shape index (κ3) is 4.60. The third-order valence-electron chi connectivity index (χ3n) is 3.63. The van der Waals surface area contributed by atoms with E-state index in [1.165, 1.54) is 11.8 Å². The zero-order valence-electron chi connectivity index (χ0n) is 14.6. The van der Waals surface area contributed by atoms with E-state index in [2.05, 4.69) is 36.0 Å². The Hall–Kier alpha value is -2.88. The molecule has 26 heavy (non-hydrogen) atoms. The highest BCUT2D eigenvalue weighted by molar-refractivity contribution is 7.99. The van der Waals surface area contributed by atoms with Crippen LogP contribution < -0.4 is 10.6 Å². The molecular formula is C16H20N8OS. The molecule has 0 spiro atoms. The van der Waals surface area contributed by atoms with Crippen LogP contribution in [-0.2, 0) is 6.42 Å². The minimum absolute atomic E-state index is 0.243. The first-order valence-corrected chi connectivity index (χ1v) is 9.19. The Kier molecular flexibility index (Phi) is 5.84. The number of aromatic nitrogens is 6. The van der Waals surface area contributed by atoms with Crippen LogP contribution in [0.15, 0.2) is 36.0 Å². The van der Waals surface area contributed by atoms with Gasteiger partial charge in [0, 0.05) is 18.0 Å². The summed E-state index contributed by atoms with van der Waals surface area (Å²) >= 11 is 1.48. The highest BCUT2D eigenvalue weighted by Gasteiger charge is 2.08. The van der Waals surface area contributed by atoms with Gasteiger partial charge in [0.15, 0.2) is 0 Å². The van der Waals surface area contributed by atoms with Gasteiger partial charge in [0.25, 0.3) is 0 Å². The number of hydrogen-bond acceptors (Lipinski definition) is 6. The van der Waals surface area contributed by atoms with E-state index in [9.17, 15) is 4.79 Å². The van der Waals surface area contributed by atoms with Crippen molar-refractivity contribution in [3.8, 4) is 5.69 Å². The van der Waals surface area contributed by atoms with Crippen molar-refractivity contribution in [2.75, 3.05) is 17.6 Å². The summed E-state index contributed by atoms with van der Waals surface area (Å²) in [6.07, 6.45) is 4.05. The maximum atomic E-state index is 12.2. The summed E-state index contributed by atoms with van der Waals surface area (Å²) in [5, 5.41) is 20.9. The van der Waals surface area contributed by atoms with Gasteiger partial charge in [-0.05, 0) is 31.0 Å². The number of amides is 2. The Morgan fingerprint density at radius 2 is 2.12 bits per heavy atom. The van der Waals surface area contributed by atoms with Crippen LogP contribution >= 0.6 is 11.8 Å². The smallest absolute Gasteiger partial charge is 0.319 e. The van der Waals surface area contributed by atoms with Gasteiger partial charge in [0.1, 0.15) is 18.5 Å². The largest absolute Gasteiger partial charge is 0.337 e. The van der Waals surface area contributed by atoms with E-state index in [0.29, 0.717) is 17.5 Å². The predicted octanol–water partition coefficient (Wildman–Crippen LogP) is 2.17. The van der Waals surface area contributed by atoms with Crippen molar-refractivity contribution >= 4 is 23.5 Å². The second-order valence-electron chi connectivity index (χ2n) is 5.50. The third-order valence-corrected chi connectivity index (χ3v) is 4.48. The van der Waals surface area contributed by atoms with E-state index < -0.39 is 0 Å². The fraction of sp³-hybridized carbons (Fsp3) is 0.312. The fourth-order valence-corrected chi connectivity index (χ4v) is 3.04. The number of nitrogens with zero attached hydrogens (tertiary/aromatic N) is 5. The Morgan fingerprint density at radius 1 is 1.31 bits per heavy atom. The number of nitrogens with one attached hydrogen (secondary N) is 3.